The average molecular weight is 348 g/mol. The summed E-state index contributed by atoms with van der Waals surface area (Å²) in [5, 5.41) is 14.0. The lowest BCUT2D eigenvalue weighted by Crippen LogP contribution is -2.14. The molecular weight excluding hydrogens is 328 g/mol. The van der Waals surface area contributed by atoms with Crippen LogP contribution in [0.25, 0.3) is 0 Å². The van der Waals surface area contributed by atoms with Crippen LogP contribution in [0.15, 0.2) is 54.6 Å². The van der Waals surface area contributed by atoms with Crippen LogP contribution in [0, 0.1) is 13.8 Å². The summed E-state index contributed by atoms with van der Waals surface area (Å²) in [7, 11) is 1.58. The van der Waals surface area contributed by atoms with Crippen molar-refractivity contribution < 1.29 is 9.53 Å². The van der Waals surface area contributed by atoms with Crippen molar-refractivity contribution in [2.75, 3.05) is 17.7 Å². The van der Waals surface area contributed by atoms with E-state index >= 15 is 0 Å². The van der Waals surface area contributed by atoms with Gasteiger partial charge >= 0.3 is 0 Å². The number of methoxy groups -OCH3 is 1. The molecule has 0 aliphatic carbocycles. The van der Waals surface area contributed by atoms with Crippen LogP contribution in [0.4, 0.5) is 17.2 Å². The number of aromatic nitrogens is 2. The fraction of sp³-hybridized carbons (Fsp3) is 0.150. The van der Waals surface area contributed by atoms with Gasteiger partial charge in [0.15, 0.2) is 11.5 Å². The number of anilines is 3. The first-order valence-electron chi connectivity index (χ1n) is 8.18. The Morgan fingerprint density at radius 1 is 0.923 bits per heavy atom. The molecule has 1 heterocycles. The lowest BCUT2D eigenvalue weighted by atomic mass is 10.1. The van der Waals surface area contributed by atoms with Crippen LogP contribution in [0.5, 0.6) is 5.75 Å². The molecule has 0 aliphatic rings. The van der Waals surface area contributed by atoms with Gasteiger partial charge in [0, 0.05) is 17.4 Å². The third-order valence-electron chi connectivity index (χ3n) is 4.00. The normalized spacial score (nSPS) is 10.3. The van der Waals surface area contributed by atoms with Gasteiger partial charge < -0.3 is 15.4 Å². The van der Waals surface area contributed by atoms with Gasteiger partial charge in [0.25, 0.3) is 5.91 Å². The van der Waals surface area contributed by atoms with Gasteiger partial charge in [-0.1, -0.05) is 12.1 Å². The third-order valence-corrected chi connectivity index (χ3v) is 4.00. The summed E-state index contributed by atoms with van der Waals surface area (Å²) < 4.78 is 5.14. The number of hydrogen-bond donors (Lipinski definition) is 2. The molecule has 0 spiro atoms. The first kappa shape index (κ1) is 17.4. The van der Waals surface area contributed by atoms with E-state index < -0.39 is 0 Å². The monoisotopic (exact) mass is 348 g/mol. The highest BCUT2D eigenvalue weighted by Crippen LogP contribution is 2.19. The largest absolute Gasteiger partial charge is 0.497 e. The number of benzene rings is 2. The van der Waals surface area contributed by atoms with Crippen molar-refractivity contribution >= 4 is 23.1 Å². The van der Waals surface area contributed by atoms with Crippen LogP contribution >= 0.6 is 0 Å². The molecule has 1 amide bonds. The highest BCUT2D eigenvalue weighted by atomic mass is 16.5. The molecule has 132 valence electrons. The fourth-order valence-corrected chi connectivity index (χ4v) is 2.38. The van der Waals surface area contributed by atoms with Crippen LogP contribution < -0.4 is 15.4 Å². The first-order valence-corrected chi connectivity index (χ1v) is 8.18. The van der Waals surface area contributed by atoms with Crippen molar-refractivity contribution in [3.63, 3.8) is 0 Å². The highest BCUT2D eigenvalue weighted by molar-refractivity contribution is 6.02. The molecular formula is C20H20N4O2. The molecule has 0 saturated carbocycles. The summed E-state index contributed by atoms with van der Waals surface area (Å²) in [5.74, 6) is 0.913. The molecule has 2 N–H and O–H groups in total. The Hall–Kier alpha value is -3.41. The van der Waals surface area contributed by atoms with Gasteiger partial charge in [-0.25, -0.2) is 0 Å². The zero-order chi connectivity index (χ0) is 18.5. The van der Waals surface area contributed by atoms with Crippen molar-refractivity contribution in [2.45, 2.75) is 13.8 Å². The second kappa shape index (κ2) is 7.65. The van der Waals surface area contributed by atoms with E-state index in [1.165, 1.54) is 11.1 Å². The van der Waals surface area contributed by atoms with Gasteiger partial charge in [0.05, 0.1) is 7.11 Å². The molecule has 6 nitrogen and oxygen atoms in total. The van der Waals surface area contributed by atoms with Crippen molar-refractivity contribution in [1.29, 1.82) is 0 Å². The van der Waals surface area contributed by atoms with Gasteiger partial charge in [-0.2, -0.15) is 0 Å². The summed E-state index contributed by atoms with van der Waals surface area (Å²) >= 11 is 0. The Kier molecular flexibility index (Phi) is 5.12. The standard InChI is InChI=1S/C20H20N4O2/c1-13-7-8-16(11-14(13)2)21-19-10-9-18(23-24-19)20(25)22-15-5-4-6-17(12-15)26-3/h4-12H,1-3H3,(H,21,24)(H,22,25). The minimum Gasteiger partial charge on any atom is -0.497 e. The Morgan fingerprint density at radius 2 is 1.77 bits per heavy atom. The molecule has 0 fully saturated rings. The Bertz CT molecular complexity index is 923. The summed E-state index contributed by atoms with van der Waals surface area (Å²) in [6, 6.07) is 16.5. The number of nitrogens with zero attached hydrogens (tertiary/aromatic N) is 2. The van der Waals surface area contributed by atoms with Crippen molar-refractivity contribution in [2.24, 2.45) is 0 Å². The van der Waals surface area contributed by atoms with E-state index in [1.54, 1.807) is 37.4 Å². The van der Waals surface area contributed by atoms with Gasteiger partial charge in [-0.15, -0.1) is 10.2 Å². The van der Waals surface area contributed by atoms with Gasteiger partial charge in [-0.05, 0) is 61.4 Å². The smallest absolute Gasteiger partial charge is 0.276 e. The van der Waals surface area contributed by atoms with Crippen LogP contribution in [0.2, 0.25) is 0 Å². The number of aryl methyl sites for hydroxylation is 2. The summed E-state index contributed by atoms with van der Waals surface area (Å²) in [6.07, 6.45) is 0. The van der Waals surface area contributed by atoms with E-state index in [0.29, 0.717) is 17.3 Å². The van der Waals surface area contributed by atoms with Gasteiger partial charge in [-0.3, -0.25) is 4.79 Å². The summed E-state index contributed by atoms with van der Waals surface area (Å²) in [5.41, 5.74) is 4.21. The maximum Gasteiger partial charge on any atom is 0.276 e. The predicted molar refractivity (Wildman–Crippen MR) is 102 cm³/mol. The molecule has 0 radical (unpaired) electrons. The Morgan fingerprint density at radius 3 is 2.46 bits per heavy atom. The number of carbonyl (C=O) groups is 1. The van der Waals surface area contributed by atoms with Crippen LogP contribution in [-0.4, -0.2) is 23.2 Å². The van der Waals surface area contributed by atoms with E-state index in [4.69, 9.17) is 4.74 Å². The molecule has 2 aromatic carbocycles. The second-order valence-corrected chi connectivity index (χ2v) is 5.91. The van der Waals surface area contributed by atoms with Crippen LogP contribution in [0.1, 0.15) is 21.6 Å². The maximum atomic E-state index is 12.3. The molecule has 0 atom stereocenters. The van der Waals surface area contributed by atoms with Crippen molar-refractivity contribution in [3.8, 4) is 5.75 Å². The predicted octanol–water partition coefficient (Wildman–Crippen LogP) is 4.10. The summed E-state index contributed by atoms with van der Waals surface area (Å²) in [6.45, 7) is 4.12. The second-order valence-electron chi connectivity index (χ2n) is 5.91. The molecule has 0 unspecified atom stereocenters. The maximum absolute atomic E-state index is 12.3. The highest BCUT2D eigenvalue weighted by Gasteiger charge is 2.09. The molecule has 3 aromatic rings. The lowest BCUT2D eigenvalue weighted by molar-refractivity contribution is 0.102. The van der Waals surface area contributed by atoms with Crippen LogP contribution in [0.3, 0.4) is 0 Å². The Labute approximate surface area is 152 Å². The van der Waals surface area contributed by atoms with E-state index in [2.05, 4.69) is 34.7 Å². The van der Waals surface area contributed by atoms with E-state index in [-0.39, 0.29) is 11.6 Å². The average Bonchev–Trinajstić information content (AvgIpc) is 2.65. The Balaban J connectivity index is 1.68. The number of amides is 1. The number of rotatable bonds is 5. The molecule has 0 aliphatic heterocycles. The molecule has 3 rings (SSSR count). The zero-order valence-electron chi connectivity index (χ0n) is 14.9. The summed E-state index contributed by atoms with van der Waals surface area (Å²) in [4.78, 5) is 12.3. The number of carbonyl (C=O) groups excluding carboxylic acids is 1. The van der Waals surface area contributed by atoms with E-state index in [0.717, 1.165) is 5.69 Å². The number of ether oxygens (including phenoxy) is 1. The topological polar surface area (TPSA) is 76.1 Å². The fourth-order valence-electron chi connectivity index (χ4n) is 2.38. The van der Waals surface area contributed by atoms with Gasteiger partial charge in [0.1, 0.15) is 5.75 Å². The zero-order valence-corrected chi connectivity index (χ0v) is 14.9. The van der Waals surface area contributed by atoms with E-state index in [9.17, 15) is 4.79 Å². The van der Waals surface area contributed by atoms with E-state index in [1.807, 2.05) is 24.3 Å². The SMILES string of the molecule is COc1cccc(NC(=O)c2ccc(Nc3ccc(C)c(C)c3)nn2)c1. The minimum absolute atomic E-state index is 0.235. The molecule has 1 aromatic heterocycles. The van der Waals surface area contributed by atoms with Crippen LogP contribution in [-0.2, 0) is 0 Å². The quantitative estimate of drug-likeness (QED) is 0.726. The molecule has 6 heteroatoms. The lowest BCUT2D eigenvalue weighted by Gasteiger charge is -2.09. The molecule has 26 heavy (non-hydrogen) atoms. The van der Waals surface area contributed by atoms with Crippen molar-refractivity contribution in [1.82, 2.24) is 10.2 Å². The molecule has 0 saturated heterocycles. The number of nitrogens with one attached hydrogen (secondary N) is 2. The van der Waals surface area contributed by atoms with Crippen molar-refractivity contribution in [3.05, 3.63) is 71.4 Å². The minimum atomic E-state index is -0.330. The third kappa shape index (κ3) is 4.16. The first-order chi connectivity index (χ1) is 12.5. The van der Waals surface area contributed by atoms with Gasteiger partial charge in [0.2, 0.25) is 0 Å². The number of hydrogen-bond acceptors (Lipinski definition) is 5. The molecule has 0 bridgehead atoms.